The number of rotatable bonds is 3. The molecule has 1 aromatic heterocycles. The van der Waals surface area contributed by atoms with E-state index in [0.717, 1.165) is 0 Å². The van der Waals surface area contributed by atoms with Gasteiger partial charge >= 0.3 is 44.8 Å². The van der Waals surface area contributed by atoms with Gasteiger partial charge in [0.05, 0.1) is 0 Å². The van der Waals surface area contributed by atoms with Gasteiger partial charge in [-0.3, -0.25) is 0 Å². The highest BCUT2D eigenvalue weighted by Crippen LogP contribution is 2.00. The molecule has 0 aliphatic rings. The summed E-state index contributed by atoms with van der Waals surface area (Å²) < 4.78 is 63.3. The van der Waals surface area contributed by atoms with E-state index in [9.17, 15) is 39.6 Å². The second-order valence-electron chi connectivity index (χ2n) is 2.97. The number of nitrogens with zero attached hydrogens (tertiary/aromatic N) is 3. The van der Waals surface area contributed by atoms with E-state index in [1.807, 2.05) is 0 Å². The number of aromatic nitrogens is 3. The van der Waals surface area contributed by atoms with Crippen LogP contribution in [-0.4, -0.2) is 37.2 Å². The van der Waals surface area contributed by atoms with Crippen molar-refractivity contribution in [3.05, 3.63) is 31.5 Å². The normalized spacial score (nSPS) is 13.3. The van der Waals surface area contributed by atoms with Crippen molar-refractivity contribution in [2.75, 3.05) is 0 Å². The summed E-state index contributed by atoms with van der Waals surface area (Å²) in [5.41, 5.74) is -6.98. The molecule has 0 unspecified atom stereocenters. The molecular weight excluding hydrogens is 425 g/mol. The van der Waals surface area contributed by atoms with Crippen molar-refractivity contribution in [1.82, 2.24) is 11.9 Å². The van der Waals surface area contributed by atoms with Gasteiger partial charge in [0.15, 0.2) is 0 Å². The van der Waals surface area contributed by atoms with Crippen molar-refractivity contribution in [2.24, 2.45) is 0 Å². The van der Waals surface area contributed by atoms with Gasteiger partial charge < -0.3 is 0 Å². The fraction of sp³-hybridized carbons (Fsp3) is 0. The first kappa shape index (κ1) is 18.2. The molecule has 0 atom stereocenters. The lowest BCUT2D eigenvalue weighted by molar-refractivity contribution is 0.568. The van der Waals surface area contributed by atoms with Crippen molar-refractivity contribution in [2.45, 2.75) is 0 Å². The van der Waals surface area contributed by atoms with Crippen molar-refractivity contribution in [1.29, 1.82) is 0 Å². The highest BCUT2D eigenvalue weighted by Gasteiger charge is 2.31. The van der Waals surface area contributed by atoms with Crippen LogP contribution in [0.15, 0.2) is 14.4 Å². The van der Waals surface area contributed by atoms with Crippen LogP contribution in [0, 0.1) is 0 Å². The van der Waals surface area contributed by atoms with Crippen LogP contribution in [-0.2, 0) is 27.7 Å². The maximum absolute atomic E-state index is 11.5. The predicted octanol–water partition coefficient (Wildman–Crippen LogP) is -2.83. The Morgan fingerprint density at radius 3 is 0.762 bits per heavy atom. The molecule has 0 aliphatic carbocycles. The summed E-state index contributed by atoms with van der Waals surface area (Å²) in [4.78, 5) is 34.6. The average Bonchev–Trinajstić information content (AvgIpc) is 2.07. The van der Waals surface area contributed by atoms with Crippen LogP contribution in [0.3, 0.4) is 0 Å². The second kappa shape index (κ2) is 5.10. The second-order valence-corrected chi connectivity index (χ2v) is 10.0. The topological polar surface area (TPSA) is 168 Å². The summed E-state index contributed by atoms with van der Waals surface area (Å²) in [6.45, 7) is 0. The monoisotopic (exact) mass is 423 g/mol. The Kier molecular flexibility index (Phi) is 4.41. The Morgan fingerprint density at radius 2 is 0.667 bits per heavy atom. The molecule has 120 valence electrons. The summed E-state index contributed by atoms with van der Waals surface area (Å²) >= 11 is 0. The lowest BCUT2D eigenvalue weighted by Gasteiger charge is -2.07. The van der Waals surface area contributed by atoms with Gasteiger partial charge in [-0.25, -0.2) is 14.4 Å². The summed E-state index contributed by atoms with van der Waals surface area (Å²) in [6.07, 6.45) is 0. The van der Waals surface area contributed by atoms with E-state index in [1.165, 1.54) is 0 Å². The van der Waals surface area contributed by atoms with Gasteiger partial charge in [-0.1, -0.05) is 0 Å². The Labute approximate surface area is 128 Å². The van der Waals surface area contributed by atoms with Gasteiger partial charge in [0.1, 0.15) is 0 Å². The third-order valence-corrected chi connectivity index (χ3v) is 5.18. The van der Waals surface area contributed by atoms with Crippen LogP contribution in [0.5, 0.6) is 0 Å². The third-order valence-electron chi connectivity index (χ3n) is 1.70. The van der Waals surface area contributed by atoms with Crippen LogP contribution < -0.4 is 17.1 Å². The van der Waals surface area contributed by atoms with E-state index in [-0.39, 0.29) is 0 Å². The van der Waals surface area contributed by atoms with Crippen LogP contribution in [0.2, 0.25) is 0 Å². The number of hydrogen-bond acceptors (Lipinski definition) is 9. The van der Waals surface area contributed by atoms with Crippen molar-refractivity contribution in [3.63, 3.8) is 0 Å². The lowest BCUT2D eigenvalue weighted by Crippen LogP contribution is -2.57. The Bertz CT molecular complexity index is 928. The molecule has 1 rings (SSSR count). The number of halogens is 3. The van der Waals surface area contributed by atoms with Crippen LogP contribution in [0.4, 0.5) is 0 Å². The average molecular weight is 425 g/mol. The van der Waals surface area contributed by atoms with Crippen molar-refractivity contribution >= 4 is 59.8 Å². The summed E-state index contributed by atoms with van der Waals surface area (Å²) in [6, 6.07) is 0. The van der Waals surface area contributed by atoms with Gasteiger partial charge in [0, 0.05) is 32.0 Å². The minimum atomic E-state index is -5.31. The van der Waals surface area contributed by atoms with E-state index in [4.69, 9.17) is 32.0 Å². The molecule has 21 heavy (non-hydrogen) atoms. The van der Waals surface area contributed by atoms with Gasteiger partial charge in [0.2, 0.25) is 0 Å². The first-order valence-electron chi connectivity index (χ1n) is 3.96. The maximum atomic E-state index is 11.5. The molecule has 0 radical (unpaired) electrons. The minimum absolute atomic E-state index is 1.03. The van der Waals surface area contributed by atoms with E-state index in [2.05, 4.69) is 0 Å². The molecule has 0 spiro atoms. The Morgan fingerprint density at radius 1 is 0.524 bits per heavy atom. The van der Waals surface area contributed by atoms with Crippen LogP contribution in [0.1, 0.15) is 0 Å². The molecule has 12 nitrogen and oxygen atoms in total. The zero-order chi connectivity index (χ0) is 17.0. The zero-order valence-electron chi connectivity index (χ0n) is 8.87. The van der Waals surface area contributed by atoms with E-state index >= 15 is 0 Å². The number of hydrogen-bond donors (Lipinski definition) is 0. The van der Waals surface area contributed by atoms with Crippen molar-refractivity contribution < 1.29 is 25.3 Å². The highest BCUT2D eigenvalue weighted by molar-refractivity contribution is 8.13. The van der Waals surface area contributed by atoms with E-state index < -0.39 is 56.7 Å². The quantitative estimate of drug-likeness (QED) is 0.464. The predicted molar refractivity (Wildman–Crippen MR) is 69.7 cm³/mol. The Balaban J connectivity index is 4.55. The maximum Gasteiger partial charge on any atom is 0.366 e. The largest absolute Gasteiger partial charge is 0.366 e. The van der Waals surface area contributed by atoms with E-state index in [1.54, 1.807) is 0 Å². The minimum Gasteiger partial charge on any atom is -0.245 e. The molecule has 0 bridgehead atoms. The summed E-state index contributed by atoms with van der Waals surface area (Å²) in [5, 5.41) is 0. The molecule has 0 saturated heterocycles. The fourth-order valence-electron chi connectivity index (χ4n) is 1.05. The van der Waals surface area contributed by atoms with Crippen molar-refractivity contribution in [3.8, 4) is 0 Å². The molecule has 0 N–H and O–H groups in total. The van der Waals surface area contributed by atoms with Crippen LogP contribution in [0.25, 0.3) is 0 Å². The molecule has 18 heteroatoms. The molecule has 1 aromatic rings. The lowest BCUT2D eigenvalue weighted by atomic mass is 11.0. The van der Waals surface area contributed by atoms with Gasteiger partial charge in [-0.05, 0) is 0 Å². The highest BCUT2D eigenvalue weighted by atomic mass is 35.7. The van der Waals surface area contributed by atoms with Gasteiger partial charge in [-0.15, -0.1) is 11.9 Å². The molecule has 0 aliphatic heterocycles. The molecule has 0 saturated carbocycles. The summed E-state index contributed by atoms with van der Waals surface area (Å²) in [7, 11) is -1.84. The molecule has 1 heterocycles. The smallest absolute Gasteiger partial charge is 0.245 e. The third kappa shape index (κ3) is 3.32. The van der Waals surface area contributed by atoms with Gasteiger partial charge in [-0.2, -0.15) is 25.3 Å². The standard InChI is InChI=1S/C3Cl3N3O9S3/c4-19(13,14)7-1(10)8(20(5,15)16)3(12)9(2(7)11)21(6,17)18. The zero-order valence-corrected chi connectivity index (χ0v) is 13.6. The van der Waals surface area contributed by atoms with E-state index in [0.29, 0.717) is 0 Å². The molecule has 0 fully saturated rings. The summed E-state index contributed by atoms with van der Waals surface area (Å²) in [5.74, 6) is 0. The Hall–Kier alpha value is -0.870. The van der Waals surface area contributed by atoms with Gasteiger partial charge in [0.25, 0.3) is 0 Å². The SMILES string of the molecule is O=c1n(S(=O)(=O)Cl)c(=O)n(S(=O)(=O)Cl)c(=O)n1S(=O)(=O)Cl. The molecule has 0 amide bonds. The fourth-order valence-corrected chi connectivity index (χ4v) is 3.88. The molecule has 0 aromatic carbocycles. The van der Waals surface area contributed by atoms with Crippen LogP contribution >= 0.6 is 32.0 Å². The first-order valence-corrected chi connectivity index (χ1v) is 10.8. The first-order chi connectivity index (χ1) is 9.10. The molecular formula is C3Cl3N3O9S3.